The lowest BCUT2D eigenvalue weighted by Crippen LogP contribution is -2.43. The molecule has 1 fully saturated rings. The smallest absolute Gasteiger partial charge is 0.230 e. The average Bonchev–Trinajstić information content (AvgIpc) is 2.91. The van der Waals surface area contributed by atoms with Gasteiger partial charge in [0.1, 0.15) is 0 Å². The molecule has 1 aliphatic heterocycles. The van der Waals surface area contributed by atoms with Crippen molar-refractivity contribution in [3.63, 3.8) is 0 Å². The lowest BCUT2D eigenvalue weighted by molar-refractivity contribution is -0.140. The number of benzene rings is 1. The summed E-state index contributed by atoms with van der Waals surface area (Å²) in [5, 5.41) is 3.37. The molecule has 1 amide bonds. The molecule has 3 nitrogen and oxygen atoms in total. The number of carbonyl (C=O) groups excluding carboxylic acids is 1. The van der Waals surface area contributed by atoms with Crippen LogP contribution in [0.15, 0.2) is 18.2 Å². The molecule has 0 aromatic heterocycles. The van der Waals surface area contributed by atoms with Crippen LogP contribution in [0.4, 0.5) is 0 Å². The molecule has 21 heavy (non-hydrogen) atoms. The Bertz CT molecular complexity index is 504. The summed E-state index contributed by atoms with van der Waals surface area (Å²) in [5.74, 6) is 0.300. The van der Waals surface area contributed by atoms with Gasteiger partial charge in [0.2, 0.25) is 5.91 Å². The van der Waals surface area contributed by atoms with E-state index in [-0.39, 0.29) is 5.41 Å². The van der Waals surface area contributed by atoms with Crippen LogP contribution in [0.3, 0.4) is 0 Å². The Labute approximate surface area is 128 Å². The fraction of sp³-hybridized carbons (Fsp3) is 0.611. The van der Waals surface area contributed by atoms with Crippen molar-refractivity contribution in [1.82, 2.24) is 10.2 Å². The first-order valence-electron chi connectivity index (χ1n) is 8.01. The van der Waals surface area contributed by atoms with Crippen molar-refractivity contribution < 1.29 is 4.79 Å². The Balaban J connectivity index is 2.11. The van der Waals surface area contributed by atoms with E-state index in [9.17, 15) is 4.79 Å². The number of rotatable bonds is 5. The summed E-state index contributed by atoms with van der Waals surface area (Å²) in [6.45, 7) is 8.89. The Morgan fingerprint density at radius 3 is 2.71 bits per heavy atom. The van der Waals surface area contributed by atoms with Crippen molar-refractivity contribution in [3.8, 4) is 0 Å². The number of amides is 1. The fourth-order valence-corrected chi connectivity index (χ4v) is 3.48. The van der Waals surface area contributed by atoms with E-state index in [1.165, 1.54) is 16.7 Å². The molecule has 116 valence electrons. The van der Waals surface area contributed by atoms with E-state index in [1.807, 2.05) is 11.9 Å². The molecule has 1 atom stereocenters. The summed E-state index contributed by atoms with van der Waals surface area (Å²) in [5.41, 5.74) is 3.60. The third-order valence-electron chi connectivity index (χ3n) is 4.68. The molecule has 0 radical (unpaired) electrons. The minimum absolute atomic E-state index is 0.178. The normalized spacial score (nSPS) is 21.5. The number of nitrogens with one attached hydrogen (secondary N) is 1. The number of hydrogen-bond donors (Lipinski definition) is 1. The van der Waals surface area contributed by atoms with E-state index in [2.05, 4.69) is 44.3 Å². The lowest BCUT2D eigenvalue weighted by Gasteiger charge is -2.32. The number of hydrogen-bond acceptors (Lipinski definition) is 2. The van der Waals surface area contributed by atoms with Gasteiger partial charge in [0.25, 0.3) is 0 Å². The molecule has 1 heterocycles. The van der Waals surface area contributed by atoms with Crippen LogP contribution in [-0.2, 0) is 11.3 Å². The van der Waals surface area contributed by atoms with Gasteiger partial charge < -0.3 is 10.2 Å². The molecule has 0 aliphatic carbocycles. The second-order valence-electron chi connectivity index (χ2n) is 6.55. The monoisotopic (exact) mass is 288 g/mol. The van der Waals surface area contributed by atoms with Gasteiger partial charge in [0.15, 0.2) is 0 Å². The zero-order valence-electron chi connectivity index (χ0n) is 13.8. The van der Waals surface area contributed by atoms with Crippen LogP contribution in [-0.4, -0.2) is 30.9 Å². The van der Waals surface area contributed by atoms with Crippen LogP contribution in [0.1, 0.15) is 42.9 Å². The Hall–Kier alpha value is -1.35. The summed E-state index contributed by atoms with van der Waals surface area (Å²) >= 11 is 0. The van der Waals surface area contributed by atoms with Gasteiger partial charge in [-0.1, -0.05) is 37.1 Å². The second-order valence-corrected chi connectivity index (χ2v) is 6.55. The highest BCUT2D eigenvalue weighted by atomic mass is 16.2. The molecule has 1 aliphatic rings. The molecular formula is C18H28N2O. The number of nitrogens with zero attached hydrogens (tertiary/aromatic N) is 1. The van der Waals surface area contributed by atoms with Crippen LogP contribution in [0.2, 0.25) is 0 Å². The van der Waals surface area contributed by atoms with Crippen LogP contribution >= 0.6 is 0 Å². The Kier molecular flexibility index (Phi) is 5.04. The van der Waals surface area contributed by atoms with Gasteiger partial charge in [0, 0.05) is 20.1 Å². The highest BCUT2D eigenvalue weighted by Crippen LogP contribution is 2.33. The summed E-state index contributed by atoms with van der Waals surface area (Å²) in [7, 11) is 1.94. The van der Waals surface area contributed by atoms with Crippen LogP contribution in [0, 0.1) is 19.3 Å². The molecule has 1 aromatic carbocycles. The van der Waals surface area contributed by atoms with Gasteiger partial charge in [-0.2, -0.15) is 0 Å². The quantitative estimate of drug-likeness (QED) is 0.903. The maximum Gasteiger partial charge on any atom is 0.230 e. The van der Waals surface area contributed by atoms with Gasteiger partial charge in [-0.05, 0) is 44.4 Å². The van der Waals surface area contributed by atoms with E-state index in [1.54, 1.807) is 0 Å². The first-order valence-corrected chi connectivity index (χ1v) is 8.01. The molecule has 2 rings (SSSR count). The Morgan fingerprint density at radius 2 is 2.14 bits per heavy atom. The van der Waals surface area contributed by atoms with Gasteiger partial charge in [-0.3, -0.25) is 4.79 Å². The van der Waals surface area contributed by atoms with E-state index in [4.69, 9.17) is 0 Å². The van der Waals surface area contributed by atoms with Crippen molar-refractivity contribution >= 4 is 5.91 Å². The van der Waals surface area contributed by atoms with Crippen molar-refractivity contribution in [3.05, 3.63) is 34.9 Å². The predicted octanol–water partition coefficient (Wildman–Crippen LogP) is 3.04. The van der Waals surface area contributed by atoms with Gasteiger partial charge >= 0.3 is 0 Å². The first kappa shape index (κ1) is 16.0. The zero-order valence-corrected chi connectivity index (χ0v) is 13.8. The molecule has 0 spiro atoms. The molecule has 0 bridgehead atoms. The molecule has 0 saturated carbocycles. The van der Waals surface area contributed by atoms with Crippen molar-refractivity contribution in [2.45, 2.75) is 46.6 Å². The topological polar surface area (TPSA) is 32.3 Å². The average molecular weight is 288 g/mol. The maximum atomic E-state index is 12.9. The third-order valence-corrected chi connectivity index (χ3v) is 4.68. The van der Waals surface area contributed by atoms with Crippen LogP contribution < -0.4 is 5.32 Å². The number of aryl methyl sites for hydroxylation is 2. The van der Waals surface area contributed by atoms with Crippen molar-refractivity contribution in [1.29, 1.82) is 0 Å². The van der Waals surface area contributed by atoms with Crippen molar-refractivity contribution in [2.24, 2.45) is 5.41 Å². The van der Waals surface area contributed by atoms with E-state index in [0.717, 1.165) is 32.4 Å². The zero-order chi connectivity index (χ0) is 15.5. The van der Waals surface area contributed by atoms with Gasteiger partial charge in [-0.15, -0.1) is 0 Å². The van der Waals surface area contributed by atoms with Gasteiger partial charge in [-0.25, -0.2) is 0 Å². The molecule has 1 aromatic rings. The largest absolute Gasteiger partial charge is 0.341 e. The lowest BCUT2D eigenvalue weighted by atomic mass is 9.81. The highest BCUT2D eigenvalue weighted by molar-refractivity contribution is 5.83. The molecule has 1 N–H and O–H groups in total. The summed E-state index contributed by atoms with van der Waals surface area (Å²) in [6.07, 6.45) is 3.01. The highest BCUT2D eigenvalue weighted by Gasteiger charge is 2.41. The maximum absolute atomic E-state index is 12.9. The molecule has 1 saturated heterocycles. The molecule has 1 unspecified atom stereocenters. The number of carbonyl (C=O) groups is 1. The summed E-state index contributed by atoms with van der Waals surface area (Å²) in [4.78, 5) is 14.8. The Morgan fingerprint density at radius 1 is 1.38 bits per heavy atom. The fourth-order valence-electron chi connectivity index (χ4n) is 3.48. The first-order chi connectivity index (χ1) is 9.98. The van der Waals surface area contributed by atoms with E-state index >= 15 is 0 Å². The predicted molar refractivity (Wildman–Crippen MR) is 87.2 cm³/mol. The van der Waals surface area contributed by atoms with E-state index < -0.39 is 0 Å². The van der Waals surface area contributed by atoms with Crippen LogP contribution in [0.5, 0.6) is 0 Å². The SMILES string of the molecule is CCCC1(C(=O)N(C)Cc2ccc(C)cc2C)CCNC1. The molecular weight excluding hydrogens is 260 g/mol. The molecule has 3 heteroatoms. The summed E-state index contributed by atoms with van der Waals surface area (Å²) in [6, 6.07) is 6.46. The van der Waals surface area contributed by atoms with Gasteiger partial charge in [0.05, 0.1) is 5.41 Å². The van der Waals surface area contributed by atoms with Crippen molar-refractivity contribution in [2.75, 3.05) is 20.1 Å². The second kappa shape index (κ2) is 6.61. The van der Waals surface area contributed by atoms with Crippen LogP contribution in [0.25, 0.3) is 0 Å². The standard InChI is InChI=1S/C18H28N2O/c1-5-8-18(9-10-19-13-18)17(21)20(4)12-16-7-6-14(2)11-15(16)3/h6-7,11,19H,5,8-10,12-13H2,1-4H3. The van der Waals surface area contributed by atoms with E-state index in [0.29, 0.717) is 12.5 Å². The minimum atomic E-state index is -0.178. The minimum Gasteiger partial charge on any atom is -0.341 e. The summed E-state index contributed by atoms with van der Waals surface area (Å²) < 4.78 is 0. The third kappa shape index (κ3) is 3.46.